The quantitative estimate of drug-likeness (QED) is 0.640. The molecule has 0 spiro atoms. The average Bonchev–Trinajstić information content (AvgIpc) is 3.08. The zero-order chi connectivity index (χ0) is 17.6. The van der Waals surface area contributed by atoms with E-state index in [4.69, 9.17) is 4.74 Å². The number of esters is 1. The van der Waals surface area contributed by atoms with Gasteiger partial charge < -0.3 is 4.74 Å². The Morgan fingerprint density at radius 1 is 1.00 bits per heavy atom. The summed E-state index contributed by atoms with van der Waals surface area (Å²) in [6.07, 6.45) is 4.19. The summed E-state index contributed by atoms with van der Waals surface area (Å²) >= 11 is 0. The molecule has 0 fully saturated rings. The Morgan fingerprint density at radius 3 is 2.24 bits per heavy atom. The van der Waals surface area contributed by atoms with Gasteiger partial charge in [0, 0.05) is 6.20 Å². The van der Waals surface area contributed by atoms with E-state index in [0.717, 1.165) is 12.0 Å². The third-order valence-corrected chi connectivity index (χ3v) is 4.04. The highest BCUT2D eigenvalue weighted by Crippen LogP contribution is 2.13. The van der Waals surface area contributed by atoms with Gasteiger partial charge in [0.15, 0.2) is 0 Å². The third-order valence-electron chi connectivity index (χ3n) is 4.04. The van der Waals surface area contributed by atoms with Crippen LogP contribution in [0.3, 0.4) is 0 Å². The summed E-state index contributed by atoms with van der Waals surface area (Å²) in [6, 6.07) is 17.1. The zero-order valence-corrected chi connectivity index (χ0v) is 14.6. The van der Waals surface area contributed by atoms with Crippen LogP contribution in [0, 0.1) is 6.92 Å². The number of carbonyl (C=O) groups is 1. The summed E-state index contributed by atoms with van der Waals surface area (Å²) < 4.78 is 6.73. The first-order valence-corrected chi connectivity index (χ1v) is 8.47. The van der Waals surface area contributed by atoms with Gasteiger partial charge >= 0.3 is 5.97 Å². The van der Waals surface area contributed by atoms with Crippen LogP contribution in [0.15, 0.2) is 60.9 Å². The van der Waals surface area contributed by atoms with Gasteiger partial charge in [0.05, 0.1) is 24.9 Å². The number of aromatic nitrogens is 2. The van der Waals surface area contributed by atoms with Crippen LogP contribution < -0.4 is 0 Å². The SMILES string of the molecule is CCOC(=O)c1cnn(Cc2ccc(Cc3ccc(C)cc3)cc2)c1. The van der Waals surface area contributed by atoms with Crippen molar-refractivity contribution in [2.45, 2.75) is 26.8 Å². The molecule has 1 aromatic heterocycles. The highest BCUT2D eigenvalue weighted by atomic mass is 16.5. The molecule has 0 aliphatic heterocycles. The van der Waals surface area contributed by atoms with Crippen LogP contribution in [0.5, 0.6) is 0 Å². The van der Waals surface area contributed by atoms with E-state index in [2.05, 4.69) is 60.6 Å². The van der Waals surface area contributed by atoms with Gasteiger partial charge in [-0.15, -0.1) is 0 Å². The summed E-state index contributed by atoms with van der Waals surface area (Å²) in [7, 11) is 0. The van der Waals surface area contributed by atoms with Crippen LogP contribution in [-0.4, -0.2) is 22.4 Å². The van der Waals surface area contributed by atoms with Crippen LogP contribution in [0.25, 0.3) is 0 Å². The molecule has 25 heavy (non-hydrogen) atoms. The van der Waals surface area contributed by atoms with Gasteiger partial charge in [-0.2, -0.15) is 5.10 Å². The molecule has 0 saturated heterocycles. The van der Waals surface area contributed by atoms with Crippen molar-refractivity contribution in [2.24, 2.45) is 0 Å². The fourth-order valence-corrected chi connectivity index (χ4v) is 2.66. The number of nitrogens with zero attached hydrogens (tertiary/aromatic N) is 2. The van der Waals surface area contributed by atoms with Crippen molar-refractivity contribution in [3.63, 3.8) is 0 Å². The maximum absolute atomic E-state index is 11.7. The summed E-state index contributed by atoms with van der Waals surface area (Å²) in [4.78, 5) is 11.7. The van der Waals surface area contributed by atoms with E-state index in [1.165, 1.54) is 16.7 Å². The molecular weight excluding hydrogens is 312 g/mol. The lowest BCUT2D eigenvalue weighted by Crippen LogP contribution is -2.04. The number of carbonyl (C=O) groups excluding carboxylic acids is 1. The molecule has 0 bridgehead atoms. The second-order valence-electron chi connectivity index (χ2n) is 6.13. The van der Waals surface area contributed by atoms with Crippen LogP contribution in [-0.2, 0) is 17.7 Å². The molecule has 0 atom stereocenters. The molecular formula is C21H22N2O2. The molecule has 3 rings (SSSR count). The number of ether oxygens (including phenoxy) is 1. The van der Waals surface area contributed by atoms with E-state index in [-0.39, 0.29) is 5.97 Å². The predicted octanol–water partition coefficient (Wildman–Crippen LogP) is 4.01. The Morgan fingerprint density at radius 2 is 1.60 bits per heavy atom. The number of hydrogen-bond acceptors (Lipinski definition) is 3. The molecule has 4 heteroatoms. The van der Waals surface area contributed by atoms with E-state index in [9.17, 15) is 4.79 Å². The minimum Gasteiger partial charge on any atom is -0.462 e. The number of hydrogen-bond donors (Lipinski definition) is 0. The molecule has 0 N–H and O–H groups in total. The Balaban J connectivity index is 1.62. The number of rotatable bonds is 6. The van der Waals surface area contributed by atoms with Crippen LogP contribution in [0.2, 0.25) is 0 Å². The lowest BCUT2D eigenvalue weighted by atomic mass is 10.0. The Kier molecular flexibility index (Phi) is 5.29. The molecule has 3 aromatic rings. The van der Waals surface area contributed by atoms with E-state index in [1.807, 2.05) is 0 Å². The van der Waals surface area contributed by atoms with Crippen molar-refractivity contribution in [1.29, 1.82) is 0 Å². The standard InChI is InChI=1S/C21H22N2O2/c1-3-25-21(24)20-13-22-23(15-20)14-19-10-8-18(9-11-19)12-17-6-4-16(2)5-7-17/h4-11,13,15H,3,12,14H2,1-2H3. The summed E-state index contributed by atoms with van der Waals surface area (Å²) in [5, 5.41) is 4.23. The van der Waals surface area contributed by atoms with Crippen molar-refractivity contribution in [3.05, 3.63) is 88.7 Å². The first kappa shape index (κ1) is 17.0. The first-order chi connectivity index (χ1) is 12.1. The van der Waals surface area contributed by atoms with Crippen molar-refractivity contribution in [1.82, 2.24) is 9.78 Å². The molecule has 0 amide bonds. The lowest BCUT2D eigenvalue weighted by molar-refractivity contribution is 0.0526. The maximum atomic E-state index is 11.7. The van der Waals surface area contributed by atoms with Crippen LogP contribution >= 0.6 is 0 Å². The monoisotopic (exact) mass is 334 g/mol. The lowest BCUT2D eigenvalue weighted by Gasteiger charge is -2.06. The van der Waals surface area contributed by atoms with E-state index in [1.54, 1.807) is 24.0 Å². The second-order valence-corrected chi connectivity index (χ2v) is 6.13. The van der Waals surface area contributed by atoms with E-state index >= 15 is 0 Å². The van der Waals surface area contributed by atoms with E-state index < -0.39 is 0 Å². The number of benzene rings is 2. The Labute approximate surface area is 148 Å². The van der Waals surface area contributed by atoms with Gasteiger partial charge in [-0.3, -0.25) is 4.68 Å². The fraction of sp³-hybridized carbons (Fsp3) is 0.238. The first-order valence-electron chi connectivity index (χ1n) is 8.47. The average molecular weight is 334 g/mol. The number of aryl methyl sites for hydroxylation is 1. The summed E-state index contributed by atoms with van der Waals surface area (Å²) in [6.45, 7) is 4.89. The van der Waals surface area contributed by atoms with Gasteiger partial charge in [0.25, 0.3) is 0 Å². The van der Waals surface area contributed by atoms with Crippen molar-refractivity contribution < 1.29 is 9.53 Å². The van der Waals surface area contributed by atoms with Crippen molar-refractivity contribution in [3.8, 4) is 0 Å². The minimum absolute atomic E-state index is 0.331. The topological polar surface area (TPSA) is 44.1 Å². The Hall–Kier alpha value is -2.88. The van der Waals surface area contributed by atoms with Gasteiger partial charge in [-0.05, 0) is 37.0 Å². The normalized spacial score (nSPS) is 10.6. The Bertz CT molecular complexity index is 833. The highest BCUT2D eigenvalue weighted by molar-refractivity contribution is 5.88. The molecule has 1 heterocycles. The molecule has 0 saturated carbocycles. The van der Waals surface area contributed by atoms with Crippen LogP contribution in [0.4, 0.5) is 0 Å². The highest BCUT2D eigenvalue weighted by Gasteiger charge is 2.09. The van der Waals surface area contributed by atoms with Gasteiger partial charge in [0.1, 0.15) is 0 Å². The van der Waals surface area contributed by atoms with Crippen LogP contribution in [0.1, 0.15) is 39.5 Å². The maximum Gasteiger partial charge on any atom is 0.341 e. The predicted molar refractivity (Wildman–Crippen MR) is 97.7 cm³/mol. The molecule has 0 unspecified atom stereocenters. The molecule has 4 nitrogen and oxygen atoms in total. The summed E-state index contributed by atoms with van der Waals surface area (Å²) in [5.41, 5.74) is 5.49. The molecule has 0 aliphatic carbocycles. The van der Waals surface area contributed by atoms with Crippen molar-refractivity contribution >= 4 is 5.97 Å². The molecule has 128 valence electrons. The molecule has 0 aliphatic rings. The van der Waals surface area contributed by atoms with Gasteiger partial charge in [-0.1, -0.05) is 54.1 Å². The largest absolute Gasteiger partial charge is 0.462 e. The minimum atomic E-state index is -0.331. The van der Waals surface area contributed by atoms with Gasteiger partial charge in [-0.25, -0.2) is 4.79 Å². The smallest absolute Gasteiger partial charge is 0.341 e. The van der Waals surface area contributed by atoms with Crippen molar-refractivity contribution in [2.75, 3.05) is 6.61 Å². The second kappa shape index (κ2) is 7.79. The molecule has 2 aromatic carbocycles. The summed E-state index contributed by atoms with van der Waals surface area (Å²) in [5.74, 6) is -0.331. The third kappa shape index (κ3) is 4.57. The zero-order valence-electron chi connectivity index (χ0n) is 14.6. The fourth-order valence-electron chi connectivity index (χ4n) is 2.66. The van der Waals surface area contributed by atoms with E-state index in [0.29, 0.717) is 18.7 Å². The molecule has 0 radical (unpaired) electrons. The van der Waals surface area contributed by atoms with Gasteiger partial charge in [0.2, 0.25) is 0 Å².